The third kappa shape index (κ3) is 3.70. The van der Waals surface area contributed by atoms with Crippen LogP contribution in [-0.4, -0.2) is 47.1 Å². The number of nitrogens with one attached hydrogen (secondary N) is 1. The number of likely N-dealkylation sites (tertiary alicyclic amines) is 1. The number of piperidine rings is 1. The van der Waals surface area contributed by atoms with E-state index in [9.17, 15) is 14.7 Å². The quantitative estimate of drug-likeness (QED) is 0.767. The number of hydrogen-bond donors (Lipinski definition) is 2. The van der Waals surface area contributed by atoms with Gasteiger partial charge in [-0.05, 0) is 18.3 Å². The maximum Gasteiger partial charge on any atom is 0.245 e. The first-order valence-electron chi connectivity index (χ1n) is 6.57. The largest absolute Gasteiger partial charge is 0.393 e. The molecule has 1 heterocycles. The van der Waals surface area contributed by atoms with Crippen LogP contribution >= 0.6 is 0 Å². The van der Waals surface area contributed by atoms with Crippen molar-refractivity contribution in [3.05, 3.63) is 0 Å². The number of aliphatic hydroxyl groups is 1. The minimum Gasteiger partial charge on any atom is -0.393 e. The number of amides is 2. The molecule has 1 aliphatic rings. The topological polar surface area (TPSA) is 69.6 Å². The smallest absolute Gasteiger partial charge is 0.245 e. The summed E-state index contributed by atoms with van der Waals surface area (Å²) in [6, 6.07) is -0.468. The predicted molar refractivity (Wildman–Crippen MR) is 68.8 cm³/mol. The fourth-order valence-corrected chi connectivity index (χ4v) is 2.26. The SMILES string of the molecule is CC(=O)NC(C(=O)N1CCC(O)C(C)C1)C(C)C. The standard InChI is InChI=1S/C13H24N2O3/c1-8(2)12(14-10(4)16)13(18)15-6-5-11(17)9(3)7-15/h8-9,11-12,17H,5-7H2,1-4H3,(H,14,16). The van der Waals surface area contributed by atoms with E-state index in [1.54, 1.807) is 4.90 Å². The second-order valence-corrected chi connectivity index (χ2v) is 5.54. The fourth-order valence-electron chi connectivity index (χ4n) is 2.26. The Morgan fingerprint density at radius 3 is 2.44 bits per heavy atom. The highest BCUT2D eigenvalue weighted by Crippen LogP contribution is 2.18. The lowest BCUT2D eigenvalue weighted by molar-refractivity contribution is -0.140. The molecule has 1 saturated heterocycles. The summed E-state index contributed by atoms with van der Waals surface area (Å²) in [6.07, 6.45) is 0.282. The lowest BCUT2D eigenvalue weighted by Crippen LogP contribution is -2.54. The maximum atomic E-state index is 12.4. The molecule has 1 aliphatic heterocycles. The molecule has 18 heavy (non-hydrogen) atoms. The summed E-state index contributed by atoms with van der Waals surface area (Å²) in [5.41, 5.74) is 0. The lowest BCUT2D eigenvalue weighted by atomic mass is 9.94. The van der Waals surface area contributed by atoms with Crippen LogP contribution in [0.3, 0.4) is 0 Å². The zero-order chi connectivity index (χ0) is 13.9. The Morgan fingerprint density at radius 2 is 2.00 bits per heavy atom. The van der Waals surface area contributed by atoms with Gasteiger partial charge in [0.05, 0.1) is 6.10 Å². The first kappa shape index (κ1) is 15.0. The Hall–Kier alpha value is -1.10. The van der Waals surface area contributed by atoms with Crippen LogP contribution in [0.4, 0.5) is 0 Å². The van der Waals surface area contributed by atoms with Crippen LogP contribution in [-0.2, 0) is 9.59 Å². The van der Waals surface area contributed by atoms with Gasteiger partial charge < -0.3 is 15.3 Å². The van der Waals surface area contributed by atoms with Gasteiger partial charge in [0.15, 0.2) is 0 Å². The lowest BCUT2D eigenvalue weighted by Gasteiger charge is -2.37. The van der Waals surface area contributed by atoms with E-state index in [1.165, 1.54) is 6.92 Å². The molecule has 5 heteroatoms. The minimum absolute atomic E-state index is 0.0426. The van der Waals surface area contributed by atoms with Crippen molar-refractivity contribution in [3.63, 3.8) is 0 Å². The first-order valence-corrected chi connectivity index (χ1v) is 6.57. The first-order chi connectivity index (χ1) is 8.32. The maximum absolute atomic E-state index is 12.4. The molecule has 0 aliphatic carbocycles. The molecule has 0 radical (unpaired) electrons. The van der Waals surface area contributed by atoms with E-state index in [2.05, 4.69) is 5.32 Å². The van der Waals surface area contributed by atoms with Crippen molar-refractivity contribution in [2.45, 2.75) is 46.3 Å². The summed E-state index contributed by atoms with van der Waals surface area (Å²) in [5.74, 6) is -0.0810. The van der Waals surface area contributed by atoms with Crippen molar-refractivity contribution in [1.29, 1.82) is 0 Å². The predicted octanol–water partition coefficient (Wildman–Crippen LogP) is 0.376. The summed E-state index contributed by atoms with van der Waals surface area (Å²) in [6.45, 7) is 8.32. The van der Waals surface area contributed by atoms with E-state index in [0.717, 1.165) is 0 Å². The van der Waals surface area contributed by atoms with Crippen molar-refractivity contribution in [2.24, 2.45) is 11.8 Å². The molecule has 104 valence electrons. The van der Waals surface area contributed by atoms with Crippen molar-refractivity contribution in [2.75, 3.05) is 13.1 Å². The molecular formula is C13H24N2O3. The molecule has 0 aromatic heterocycles. The molecule has 0 aromatic carbocycles. The zero-order valence-electron chi connectivity index (χ0n) is 11.6. The van der Waals surface area contributed by atoms with Gasteiger partial charge >= 0.3 is 0 Å². The number of aliphatic hydroxyl groups excluding tert-OH is 1. The number of rotatable bonds is 3. The van der Waals surface area contributed by atoms with Crippen LogP contribution in [0, 0.1) is 11.8 Å². The van der Waals surface area contributed by atoms with E-state index < -0.39 is 6.04 Å². The highest BCUT2D eigenvalue weighted by Gasteiger charge is 2.32. The molecule has 0 spiro atoms. The van der Waals surface area contributed by atoms with Gasteiger partial charge in [0.25, 0.3) is 0 Å². The fraction of sp³-hybridized carbons (Fsp3) is 0.846. The molecule has 0 saturated carbocycles. The Morgan fingerprint density at radius 1 is 1.39 bits per heavy atom. The van der Waals surface area contributed by atoms with E-state index in [0.29, 0.717) is 19.5 Å². The molecule has 2 amide bonds. The van der Waals surface area contributed by atoms with Crippen LogP contribution in [0.15, 0.2) is 0 Å². The van der Waals surface area contributed by atoms with Crippen LogP contribution in [0.2, 0.25) is 0 Å². The Balaban J connectivity index is 2.68. The Bertz CT molecular complexity index is 317. The monoisotopic (exact) mass is 256 g/mol. The normalized spacial score (nSPS) is 26.0. The zero-order valence-corrected chi connectivity index (χ0v) is 11.6. The minimum atomic E-state index is -0.468. The van der Waals surface area contributed by atoms with Gasteiger partial charge in [-0.15, -0.1) is 0 Å². The van der Waals surface area contributed by atoms with Gasteiger partial charge in [0.2, 0.25) is 11.8 Å². The van der Waals surface area contributed by atoms with E-state index >= 15 is 0 Å². The summed E-state index contributed by atoms with van der Waals surface area (Å²) in [5, 5.41) is 12.4. The molecule has 2 N–H and O–H groups in total. The van der Waals surface area contributed by atoms with Gasteiger partial charge in [-0.2, -0.15) is 0 Å². The summed E-state index contributed by atoms with van der Waals surface area (Å²) < 4.78 is 0. The number of nitrogens with zero attached hydrogens (tertiary/aromatic N) is 1. The summed E-state index contributed by atoms with van der Waals surface area (Å²) in [7, 11) is 0. The average Bonchev–Trinajstić information content (AvgIpc) is 2.28. The van der Waals surface area contributed by atoms with Crippen LogP contribution in [0.1, 0.15) is 34.1 Å². The third-order valence-electron chi connectivity index (χ3n) is 3.46. The molecule has 3 unspecified atom stereocenters. The molecule has 1 fully saturated rings. The number of carbonyl (C=O) groups excluding carboxylic acids is 2. The number of carbonyl (C=O) groups is 2. The Kier molecular flexibility index (Phi) is 5.14. The Labute approximate surface area is 109 Å². The highest BCUT2D eigenvalue weighted by atomic mass is 16.3. The van der Waals surface area contributed by atoms with Gasteiger partial charge in [-0.25, -0.2) is 0 Å². The van der Waals surface area contributed by atoms with Gasteiger partial charge in [-0.1, -0.05) is 20.8 Å². The molecule has 5 nitrogen and oxygen atoms in total. The van der Waals surface area contributed by atoms with Gasteiger partial charge in [0.1, 0.15) is 6.04 Å². The third-order valence-corrected chi connectivity index (χ3v) is 3.46. The van der Waals surface area contributed by atoms with Crippen LogP contribution < -0.4 is 5.32 Å². The summed E-state index contributed by atoms with van der Waals surface area (Å²) >= 11 is 0. The highest BCUT2D eigenvalue weighted by molar-refractivity contribution is 5.87. The van der Waals surface area contributed by atoms with Gasteiger partial charge in [0, 0.05) is 20.0 Å². The van der Waals surface area contributed by atoms with Gasteiger partial charge in [-0.3, -0.25) is 9.59 Å². The van der Waals surface area contributed by atoms with Crippen molar-refractivity contribution in [3.8, 4) is 0 Å². The van der Waals surface area contributed by atoms with E-state index in [4.69, 9.17) is 0 Å². The second-order valence-electron chi connectivity index (χ2n) is 5.54. The molecule has 3 atom stereocenters. The summed E-state index contributed by atoms with van der Waals surface area (Å²) in [4.78, 5) is 25.2. The molecule has 0 bridgehead atoms. The van der Waals surface area contributed by atoms with Crippen molar-refractivity contribution < 1.29 is 14.7 Å². The van der Waals surface area contributed by atoms with E-state index in [1.807, 2.05) is 20.8 Å². The van der Waals surface area contributed by atoms with Crippen LogP contribution in [0.5, 0.6) is 0 Å². The van der Waals surface area contributed by atoms with Crippen molar-refractivity contribution in [1.82, 2.24) is 10.2 Å². The molecule has 1 rings (SSSR count). The second kappa shape index (κ2) is 6.18. The van der Waals surface area contributed by atoms with Crippen LogP contribution in [0.25, 0.3) is 0 Å². The molecular weight excluding hydrogens is 232 g/mol. The molecule has 0 aromatic rings. The van der Waals surface area contributed by atoms with Crippen molar-refractivity contribution >= 4 is 11.8 Å². The number of hydrogen-bond acceptors (Lipinski definition) is 3. The average molecular weight is 256 g/mol. The van der Waals surface area contributed by atoms with E-state index in [-0.39, 0.29) is 29.8 Å².